The fourth-order valence-electron chi connectivity index (χ4n) is 1.56. The van der Waals surface area contributed by atoms with Gasteiger partial charge in [-0.15, -0.1) is 0 Å². The first-order chi connectivity index (χ1) is 10.0. The zero-order valence-corrected chi connectivity index (χ0v) is 12.1. The second-order valence-electron chi connectivity index (χ2n) is 3.95. The number of amides is 1. The van der Waals surface area contributed by atoms with Gasteiger partial charge in [0, 0.05) is 28.4 Å². The van der Waals surface area contributed by atoms with E-state index in [-0.39, 0.29) is 11.6 Å². The largest absolute Gasteiger partial charge is 0.321 e. The molecule has 0 spiro atoms. The molecule has 0 saturated carbocycles. The molecule has 0 unspecified atom stereocenters. The molecule has 0 saturated heterocycles. The van der Waals surface area contributed by atoms with Crippen molar-refractivity contribution in [1.82, 2.24) is 4.98 Å². The molecule has 0 aliphatic carbocycles. The summed E-state index contributed by atoms with van der Waals surface area (Å²) >= 11 is 3.18. The Morgan fingerprint density at radius 3 is 2.71 bits per heavy atom. The van der Waals surface area contributed by atoms with Crippen LogP contribution >= 0.6 is 15.9 Å². The fourth-order valence-corrected chi connectivity index (χ4v) is 2.03. The molecule has 1 aromatic carbocycles. The minimum Gasteiger partial charge on any atom is -0.321 e. The SMILES string of the molecule is NNc1cc(C(=O)Nc2ccc([N+](=O)[O-])cc2Br)ccn1. The molecule has 0 atom stereocenters. The molecule has 8 nitrogen and oxygen atoms in total. The van der Waals surface area contributed by atoms with Crippen LogP contribution in [0.1, 0.15) is 10.4 Å². The molecule has 0 aliphatic heterocycles. The number of nitro groups is 1. The molecule has 0 aliphatic rings. The normalized spacial score (nSPS) is 10.0. The van der Waals surface area contributed by atoms with Crippen molar-refractivity contribution < 1.29 is 9.72 Å². The summed E-state index contributed by atoms with van der Waals surface area (Å²) in [4.78, 5) is 26.1. The molecule has 1 aromatic heterocycles. The smallest absolute Gasteiger partial charge is 0.270 e. The Morgan fingerprint density at radius 1 is 1.33 bits per heavy atom. The number of nitrogens with two attached hydrogens (primary N) is 1. The molecule has 1 heterocycles. The lowest BCUT2D eigenvalue weighted by Crippen LogP contribution is -2.14. The van der Waals surface area contributed by atoms with Gasteiger partial charge >= 0.3 is 0 Å². The van der Waals surface area contributed by atoms with Crippen molar-refractivity contribution >= 4 is 39.0 Å². The lowest BCUT2D eigenvalue weighted by atomic mass is 10.2. The zero-order chi connectivity index (χ0) is 15.4. The van der Waals surface area contributed by atoms with Crippen LogP contribution in [0.4, 0.5) is 17.2 Å². The van der Waals surface area contributed by atoms with Crippen LogP contribution in [0.5, 0.6) is 0 Å². The number of nitrogens with one attached hydrogen (secondary N) is 2. The number of non-ortho nitro benzene ring substituents is 1. The summed E-state index contributed by atoms with van der Waals surface area (Å²) in [5.41, 5.74) is 3.04. The van der Waals surface area contributed by atoms with Gasteiger partial charge in [0.05, 0.1) is 10.6 Å². The van der Waals surface area contributed by atoms with Crippen LogP contribution in [-0.4, -0.2) is 15.8 Å². The minimum absolute atomic E-state index is 0.0709. The number of rotatable bonds is 4. The second kappa shape index (κ2) is 6.29. The second-order valence-corrected chi connectivity index (χ2v) is 4.80. The molecule has 2 rings (SSSR count). The Morgan fingerprint density at radius 2 is 2.10 bits per heavy atom. The number of nitrogen functional groups attached to an aromatic ring is 1. The highest BCUT2D eigenvalue weighted by molar-refractivity contribution is 9.10. The minimum atomic E-state index is -0.515. The van der Waals surface area contributed by atoms with Gasteiger partial charge in [-0.25, -0.2) is 10.8 Å². The van der Waals surface area contributed by atoms with Crippen molar-refractivity contribution in [3.05, 3.63) is 56.7 Å². The van der Waals surface area contributed by atoms with E-state index in [1.165, 1.54) is 36.5 Å². The van der Waals surface area contributed by atoms with Gasteiger partial charge in [-0.3, -0.25) is 14.9 Å². The van der Waals surface area contributed by atoms with Gasteiger partial charge in [-0.05, 0) is 34.1 Å². The molecule has 0 fully saturated rings. The Kier molecular flexibility index (Phi) is 4.45. The Labute approximate surface area is 127 Å². The third kappa shape index (κ3) is 3.52. The van der Waals surface area contributed by atoms with E-state index in [1.807, 2.05) is 0 Å². The number of halogens is 1. The summed E-state index contributed by atoms with van der Waals surface area (Å²) in [5.74, 6) is 5.19. The Bertz CT molecular complexity index is 707. The van der Waals surface area contributed by atoms with Crippen LogP contribution in [0, 0.1) is 10.1 Å². The van der Waals surface area contributed by atoms with Gasteiger partial charge in [0.2, 0.25) is 0 Å². The molecule has 0 radical (unpaired) electrons. The number of anilines is 2. The van der Waals surface area contributed by atoms with Crippen molar-refractivity contribution in [2.45, 2.75) is 0 Å². The first-order valence-corrected chi connectivity index (χ1v) is 6.48. The lowest BCUT2D eigenvalue weighted by Gasteiger charge is -2.08. The van der Waals surface area contributed by atoms with Gasteiger partial charge < -0.3 is 10.7 Å². The summed E-state index contributed by atoms with van der Waals surface area (Å²) in [5, 5.41) is 13.3. The van der Waals surface area contributed by atoms with Crippen LogP contribution in [0.3, 0.4) is 0 Å². The van der Waals surface area contributed by atoms with Gasteiger partial charge in [0.25, 0.3) is 11.6 Å². The average Bonchev–Trinajstić information content (AvgIpc) is 2.49. The number of nitrogens with zero attached hydrogens (tertiary/aromatic N) is 2. The third-order valence-corrected chi connectivity index (χ3v) is 3.24. The van der Waals surface area contributed by atoms with Gasteiger partial charge in [0.15, 0.2) is 0 Å². The number of carbonyl (C=O) groups excluding carboxylic acids is 1. The quantitative estimate of drug-likeness (QED) is 0.441. The van der Waals surface area contributed by atoms with E-state index in [2.05, 4.69) is 31.7 Å². The van der Waals surface area contributed by atoms with E-state index in [1.54, 1.807) is 0 Å². The van der Waals surface area contributed by atoms with E-state index in [4.69, 9.17) is 5.84 Å². The topological polar surface area (TPSA) is 123 Å². The standard InChI is InChI=1S/C12H10BrN5O3/c13-9-6-8(18(20)21)1-2-10(9)16-12(19)7-3-4-15-11(5-7)17-14/h1-6H,14H2,(H,15,17)(H,16,19). The summed E-state index contributed by atoms with van der Waals surface area (Å²) in [6.45, 7) is 0. The zero-order valence-electron chi connectivity index (χ0n) is 10.5. The van der Waals surface area contributed by atoms with Crippen molar-refractivity contribution in [3.63, 3.8) is 0 Å². The molecule has 2 aromatic rings. The lowest BCUT2D eigenvalue weighted by molar-refractivity contribution is -0.384. The van der Waals surface area contributed by atoms with Gasteiger partial charge in [-0.1, -0.05) is 0 Å². The van der Waals surface area contributed by atoms with Gasteiger partial charge in [-0.2, -0.15) is 0 Å². The summed E-state index contributed by atoms with van der Waals surface area (Å²) in [6.07, 6.45) is 1.44. The maximum absolute atomic E-state index is 12.1. The fraction of sp³-hybridized carbons (Fsp3) is 0. The van der Waals surface area contributed by atoms with Crippen molar-refractivity contribution in [2.24, 2.45) is 5.84 Å². The van der Waals surface area contributed by atoms with Crippen LogP contribution in [0.2, 0.25) is 0 Å². The Hall–Kier alpha value is -2.52. The Balaban J connectivity index is 2.21. The summed E-state index contributed by atoms with van der Waals surface area (Å²) in [6, 6.07) is 7.07. The van der Waals surface area contributed by atoms with Crippen LogP contribution < -0.4 is 16.6 Å². The third-order valence-electron chi connectivity index (χ3n) is 2.58. The number of hydrogen-bond acceptors (Lipinski definition) is 6. The van der Waals surface area contributed by atoms with Crippen LogP contribution in [0.25, 0.3) is 0 Å². The van der Waals surface area contributed by atoms with Crippen molar-refractivity contribution in [1.29, 1.82) is 0 Å². The number of aromatic nitrogens is 1. The number of hydrogen-bond donors (Lipinski definition) is 3. The van der Waals surface area contributed by atoms with Crippen molar-refractivity contribution in [2.75, 3.05) is 10.7 Å². The van der Waals surface area contributed by atoms with Crippen LogP contribution in [0.15, 0.2) is 41.0 Å². The molecule has 1 amide bonds. The number of nitro benzene ring substituents is 1. The number of carbonyl (C=O) groups is 1. The van der Waals surface area contributed by atoms with Gasteiger partial charge in [0.1, 0.15) is 5.82 Å². The highest BCUT2D eigenvalue weighted by atomic mass is 79.9. The predicted molar refractivity (Wildman–Crippen MR) is 80.8 cm³/mol. The molecule has 108 valence electrons. The monoisotopic (exact) mass is 351 g/mol. The maximum Gasteiger partial charge on any atom is 0.270 e. The maximum atomic E-state index is 12.1. The van der Waals surface area contributed by atoms with E-state index in [9.17, 15) is 14.9 Å². The average molecular weight is 352 g/mol. The van der Waals surface area contributed by atoms with Crippen LogP contribution in [-0.2, 0) is 0 Å². The molecular formula is C12H10BrN5O3. The predicted octanol–water partition coefficient (Wildman–Crippen LogP) is 2.29. The van der Waals surface area contributed by atoms with E-state index in [0.717, 1.165) is 0 Å². The summed E-state index contributed by atoms with van der Waals surface area (Å²) in [7, 11) is 0. The first kappa shape index (κ1) is 14.9. The highest BCUT2D eigenvalue weighted by Gasteiger charge is 2.12. The molecule has 9 heteroatoms. The molecule has 21 heavy (non-hydrogen) atoms. The highest BCUT2D eigenvalue weighted by Crippen LogP contribution is 2.27. The van der Waals surface area contributed by atoms with E-state index >= 15 is 0 Å². The number of pyridine rings is 1. The molecule has 0 bridgehead atoms. The molecule has 4 N–H and O–H groups in total. The molecular weight excluding hydrogens is 342 g/mol. The summed E-state index contributed by atoms with van der Waals surface area (Å²) < 4.78 is 0.413. The number of benzene rings is 1. The van der Waals surface area contributed by atoms with E-state index in [0.29, 0.717) is 21.5 Å². The van der Waals surface area contributed by atoms with Crippen molar-refractivity contribution in [3.8, 4) is 0 Å². The number of hydrazine groups is 1. The first-order valence-electron chi connectivity index (χ1n) is 5.69. The van der Waals surface area contributed by atoms with E-state index < -0.39 is 4.92 Å².